The number of hydrogen-bond donors (Lipinski definition) is 1. The van der Waals surface area contributed by atoms with Gasteiger partial charge in [0.15, 0.2) is 0 Å². The van der Waals surface area contributed by atoms with Crippen molar-refractivity contribution < 1.29 is 13.2 Å². The Kier molecular flexibility index (Phi) is 6.47. The largest absolute Gasteiger partial charge is 0.354 e. The van der Waals surface area contributed by atoms with Gasteiger partial charge in [-0.05, 0) is 28.5 Å². The lowest BCUT2D eigenvalue weighted by molar-refractivity contribution is -0.120. The Bertz CT molecular complexity index is 838. The maximum absolute atomic E-state index is 12.4. The van der Waals surface area contributed by atoms with E-state index in [9.17, 15) is 13.2 Å². The summed E-state index contributed by atoms with van der Waals surface area (Å²) < 4.78 is 26.1. The predicted molar refractivity (Wildman–Crippen MR) is 108 cm³/mol. The van der Waals surface area contributed by atoms with Gasteiger partial charge < -0.3 is 5.32 Å². The zero-order valence-electron chi connectivity index (χ0n) is 15.7. The summed E-state index contributed by atoms with van der Waals surface area (Å²) >= 11 is 1.53. The van der Waals surface area contributed by atoms with Crippen LogP contribution in [0.25, 0.3) is 0 Å². The Balaban J connectivity index is 2.11. The molecular weight excluding hydrogens is 368 g/mol. The van der Waals surface area contributed by atoms with Crippen LogP contribution in [-0.2, 0) is 26.7 Å². The first kappa shape index (κ1) is 20.5. The van der Waals surface area contributed by atoms with Crippen molar-refractivity contribution in [3.8, 4) is 0 Å². The Labute approximate surface area is 160 Å². The van der Waals surface area contributed by atoms with Crippen molar-refractivity contribution in [1.29, 1.82) is 0 Å². The highest BCUT2D eigenvalue weighted by atomic mass is 32.2. The minimum absolute atomic E-state index is 0.106. The van der Waals surface area contributed by atoms with Gasteiger partial charge in [0, 0.05) is 11.4 Å². The zero-order valence-corrected chi connectivity index (χ0v) is 17.3. The molecular formula is C19H26N2O3S2. The molecule has 0 radical (unpaired) electrons. The lowest BCUT2D eigenvalue weighted by atomic mass is 9.86. The molecule has 1 aromatic heterocycles. The molecule has 0 aliphatic heterocycles. The Hall–Kier alpha value is -1.86. The van der Waals surface area contributed by atoms with E-state index < -0.39 is 10.0 Å². The summed E-state index contributed by atoms with van der Waals surface area (Å²) in [5, 5.41) is 4.74. The van der Waals surface area contributed by atoms with E-state index in [2.05, 4.69) is 26.1 Å². The van der Waals surface area contributed by atoms with Gasteiger partial charge in [0.1, 0.15) is 0 Å². The second kappa shape index (κ2) is 8.22. The van der Waals surface area contributed by atoms with E-state index in [1.54, 1.807) is 0 Å². The molecule has 7 heteroatoms. The Morgan fingerprint density at radius 3 is 2.42 bits per heavy atom. The van der Waals surface area contributed by atoms with Gasteiger partial charge in [-0.15, -0.1) is 11.3 Å². The van der Waals surface area contributed by atoms with Crippen molar-refractivity contribution in [1.82, 2.24) is 5.32 Å². The molecule has 2 rings (SSSR count). The fraction of sp³-hybridized carbons (Fsp3) is 0.421. The fourth-order valence-corrected chi connectivity index (χ4v) is 4.36. The summed E-state index contributed by atoms with van der Waals surface area (Å²) in [5.74, 6) is -0.106. The zero-order chi connectivity index (χ0) is 19.4. The van der Waals surface area contributed by atoms with Crippen molar-refractivity contribution in [2.24, 2.45) is 0 Å². The first-order chi connectivity index (χ1) is 12.1. The number of nitrogens with zero attached hydrogens (tertiary/aromatic N) is 1. The molecule has 1 heterocycles. The van der Waals surface area contributed by atoms with Crippen LogP contribution in [0, 0.1) is 0 Å². The first-order valence-corrected chi connectivity index (χ1v) is 11.2. The minimum Gasteiger partial charge on any atom is -0.354 e. The number of anilines is 1. The van der Waals surface area contributed by atoms with E-state index in [-0.39, 0.29) is 24.4 Å². The van der Waals surface area contributed by atoms with Crippen LogP contribution in [0.2, 0.25) is 0 Å². The Morgan fingerprint density at radius 2 is 1.85 bits per heavy atom. The highest BCUT2D eigenvalue weighted by Gasteiger charge is 2.25. The van der Waals surface area contributed by atoms with Gasteiger partial charge in [0.05, 0.1) is 24.9 Å². The van der Waals surface area contributed by atoms with Gasteiger partial charge >= 0.3 is 0 Å². The normalized spacial score (nSPS) is 12.0. The number of rotatable bonds is 7. The number of para-hydroxylation sites is 1. The third kappa shape index (κ3) is 5.57. The third-order valence-electron chi connectivity index (χ3n) is 3.93. The van der Waals surface area contributed by atoms with E-state index in [0.29, 0.717) is 12.1 Å². The molecule has 0 aliphatic rings. The van der Waals surface area contributed by atoms with Gasteiger partial charge in [-0.3, -0.25) is 9.10 Å². The van der Waals surface area contributed by atoms with Crippen LogP contribution in [0.4, 0.5) is 5.69 Å². The molecule has 1 N–H and O–H groups in total. The van der Waals surface area contributed by atoms with Gasteiger partial charge in [-0.1, -0.05) is 45.0 Å². The Morgan fingerprint density at radius 1 is 1.15 bits per heavy atom. The number of carbonyl (C=O) groups is 1. The number of nitrogens with one attached hydrogen (secondary N) is 1. The first-order valence-electron chi connectivity index (χ1n) is 8.45. The van der Waals surface area contributed by atoms with Crippen LogP contribution in [-0.4, -0.2) is 33.7 Å². The molecule has 1 aromatic carbocycles. The van der Waals surface area contributed by atoms with Crippen LogP contribution in [0.1, 0.15) is 31.2 Å². The predicted octanol–water partition coefficient (Wildman–Crippen LogP) is 3.17. The summed E-state index contributed by atoms with van der Waals surface area (Å²) in [6.07, 6.45) is 1.51. The van der Waals surface area contributed by atoms with Crippen LogP contribution in [0.15, 0.2) is 41.8 Å². The SMILES string of the molecule is CC(C)(C)c1ccccc1N(CCNC(=O)Cc1cccs1)S(C)(=O)=O. The molecule has 142 valence electrons. The van der Waals surface area contributed by atoms with Crippen LogP contribution in [0.3, 0.4) is 0 Å². The van der Waals surface area contributed by atoms with Crippen LogP contribution >= 0.6 is 11.3 Å². The average molecular weight is 395 g/mol. The second-order valence-electron chi connectivity index (χ2n) is 7.21. The molecule has 0 saturated heterocycles. The minimum atomic E-state index is -3.46. The topological polar surface area (TPSA) is 66.5 Å². The molecule has 1 amide bonds. The molecule has 0 atom stereocenters. The lowest BCUT2D eigenvalue weighted by Crippen LogP contribution is -2.39. The van der Waals surface area contributed by atoms with Gasteiger partial charge in [-0.25, -0.2) is 8.42 Å². The number of sulfonamides is 1. The van der Waals surface area contributed by atoms with Crippen molar-refractivity contribution in [2.75, 3.05) is 23.7 Å². The number of carbonyl (C=O) groups excluding carboxylic acids is 1. The number of hydrogen-bond acceptors (Lipinski definition) is 4. The summed E-state index contributed by atoms with van der Waals surface area (Å²) in [5.41, 5.74) is 1.42. The number of benzene rings is 1. The quantitative estimate of drug-likeness (QED) is 0.784. The molecule has 0 fully saturated rings. The van der Waals surface area contributed by atoms with Crippen molar-refractivity contribution in [3.05, 3.63) is 52.2 Å². The maximum Gasteiger partial charge on any atom is 0.232 e. The molecule has 26 heavy (non-hydrogen) atoms. The molecule has 0 unspecified atom stereocenters. The summed E-state index contributed by atoms with van der Waals surface area (Å²) in [6.45, 7) is 6.61. The summed E-state index contributed by atoms with van der Waals surface area (Å²) in [4.78, 5) is 13.0. The molecule has 0 aliphatic carbocycles. The lowest BCUT2D eigenvalue weighted by Gasteiger charge is -2.30. The monoisotopic (exact) mass is 394 g/mol. The molecule has 0 spiro atoms. The average Bonchev–Trinajstić information content (AvgIpc) is 3.02. The van der Waals surface area contributed by atoms with Gasteiger partial charge in [-0.2, -0.15) is 0 Å². The third-order valence-corrected chi connectivity index (χ3v) is 5.99. The fourth-order valence-electron chi connectivity index (χ4n) is 2.72. The molecule has 5 nitrogen and oxygen atoms in total. The van der Waals surface area contributed by atoms with E-state index >= 15 is 0 Å². The maximum atomic E-state index is 12.4. The van der Waals surface area contributed by atoms with Crippen molar-refractivity contribution >= 4 is 33.0 Å². The summed E-state index contributed by atoms with van der Waals surface area (Å²) in [7, 11) is -3.46. The van der Waals surface area contributed by atoms with Crippen molar-refractivity contribution in [2.45, 2.75) is 32.6 Å². The van der Waals surface area contributed by atoms with E-state index in [1.165, 1.54) is 21.9 Å². The van der Waals surface area contributed by atoms with Crippen molar-refractivity contribution in [3.63, 3.8) is 0 Å². The van der Waals surface area contributed by atoms with Crippen LogP contribution in [0.5, 0.6) is 0 Å². The smallest absolute Gasteiger partial charge is 0.232 e. The van der Waals surface area contributed by atoms with Crippen LogP contribution < -0.4 is 9.62 Å². The summed E-state index contributed by atoms with van der Waals surface area (Å²) in [6, 6.07) is 11.3. The van der Waals surface area contributed by atoms with E-state index in [1.807, 2.05) is 41.8 Å². The number of thiophene rings is 1. The standard InChI is InChI=1S/C19H26N2O3S2/c1-19(2,3)16-9-5-6-10-17(16)21(26(4,23)24)12-11-20-18(22)14-15-8-7-13-25-15/h5-10,13H,11-12,14H2,1-4H3,(H,20,22). The highest BCUT2D eigenvalue weighted by Crippen LogP contribution is 2.32. The molecule has 0 saturated carbocycles. The van der Waals surface area contributed by atoms with Gasteiger partial charge in [0.25, 0.3) is 0 Å². The second-order valence-corrected chi connectivity index (χ2v) is 10.1. The number of amides is 1. The highest BCUT2D eigenvalue weighted by molar-refractivity contribution is 7.92. The molecule has 0 bridgehead atoms. The van der Waals surface area contributed by atoms with E-state index in [0.717, 1.165) is 10.4 Å². The van der Waals surface area contributed by atoms with E-state index in [4.69, 9.17) is 0 Å². The molecule has 2 aromatic rings. The van der Waals surface area contributed by atoms with Gasteiger partial charge in [0.2, 0.25) is 15.9 Å².